The first kappa shape index (κ1) is 24.3. The van der Waals surface area contributed by atoms with E-state index in [9.17, 15) is 0 Å². The van der Waals surface area contributed by atoms with Crippen LogP contribution in [0.3, 0.4) is 0 Å². The molecule has 0 bridgehead atoms. The average molecular weight is 544 g/mol. The van der Waals surface area contributed by atoms with Crippen LogP contribution in [-0.2, 0) is 0 Å². The van der Waals surface area contributed by atoms with Gasteiger partial charge in [-0.25, -0.2) is 4.85 Å². The highest BCUT2D eigenvalue weighted by atomic mass is 32.1. The van der Waals surface area contributed by atoms with Gasteiger partial charge in [-0.2, -0.15) is 0 Å². The van der Waals surface area contributed by atoms with Gasteiger partial charge in [0, 0.05) is 20.2 Å². The first-order valence-electron chi connectivity index (χ1n) is 13.4. The number of hydrogen-bond acceptors (Lipinski definition) is 1. The van der Waals surface area contributed by atoms with Crippen LogP contribution in [0.4, 0.5) is 5.69 Å². The number of benzene rings is 6. The van der Waals surface area contributed by atoms with Crippen LogP contribution in [0.5, 0.6) is 0 Å². The van der Waals surface area contributed by atoms with Crippen LogP contribution in [0.2, 0.25) is 0 Å². The Labute approximate surface area is 239 Å². The smallest absolute Gasteiger partial charge is 0.187 e. The van der Waals surface area contributed by atoms with E-state index in [1.54, 1.807) is 0 Å². The van der Waals surface area contributed by atoms with Gasteiger partial charge in [0.15, 0.2) is 13.8 Å². The third-order valence-corrected chi connectivity index (χ3v) is 13.7. The molecule has 6 aromatic carbocycles. The number of fused-ring (bicyclic) bond motifs is 3. The first-order valence-corrected chi connectivity index (χ1v) is 16.2. The second-order valence-electron chi connectivity index (χ2n) is 10.0. The lowest BCUT2D eigenvalue weighted by Gasteiger charge is -2.34. The molecule has 0 aliphatic rings. The van der Waals surface area contributed by atoms with Crippen molar-refractivity contribution >= 4 is 66.0 Å². The molecule has 0 aliphatic heterocycles. The maximum Gasteiger partial charge on any atom is 0.187 e. The fourth-order valence-corrected chi connectivity index (χ4v) is 12.1. The van der Waals surface area contributed by atoms with Gasteiger partial charge in [-0.1, -0.05) is 133 Å². The molecule has 0 saturated heterocycles. The van der Waals surface area contributed by atoms with E-state index in [0.29, 0.717) is 5.69 Å². The van der Waals surface area contributed by atoms with E-state index in [-0.39, 0.29) is 0 Å². The zero-order chi connectivity index (χ0) is 26.9. The maximum atomic E-state index is 7.52. The lowest BCUT2D eigenvalue weighted by atomic mass is 10.1. The van der Waals surface area contributed by atoms with Crippen molar-refractivity contribution in [3.63, 3.8) is 0 Å². The van der Waals surface area contributed by atoms with Crippen molar-refractivity contribution in [2.24, 2.45) is 0 Å². The zero-order valence-electron chi connectivity index (χ0n) is 21.8. The monoisotopic (exact) mass is 543 g/mol. The van der Waals surface area contributed by atoms with Crippen LogP contribution in [0, 0.1) is 6.57 Å². The number of nitrogens with zero attached hydrogens (tertiary/aromatic N) is 1. The Kier molecular flexibility index (Phi) is 6.13. The highest BCUT2D eigenvalue weighted by molar-refractivity contribution is 7.26. The first-order chi connectivity index (χ1) is 19.8. The van der Waals surface area contributed by atoms with Gasteiger partial charge < -0.3 is 0 Å². The Morgan fingerprint density at radius 3 is 1.75 bits per heavy atom. The summed E-state index contributed by atoms with van der Waals surface area (Å²) in [7, 11) is -2.71. The van der Waals surface area contributed by atoms with Gasteiger partial charge in [-0.15, -0.1) is 11.3 Å². The molecule has 7 aromatic rings. The normalized spacial score (nSPS) is 11.5. The fourth-order valence-electron chi connectivity index (χ4n) is 6.02. The van der Waals surface area contributed by atoms with Gasteiger partial charge in [-0.05, 0) is 50.1 Å². The van der Waals surface area contributed by atoms with Crippen LogP contribution < -0.4 is 20.7 Å². The molecule has 0 saturated carbocycles. The second kappa shape index (κ2) is 10.1. The Balaban J connectivity index is 1.56. The molecule has 40 heavy (non-hydrogen) atoms. The van der Waals surface area contributed by atoms with E-state index in [2.05, 4.69) is 138 Å². The van der Waals surface area contributed by atoms with Crippen molar-refractivity contribution in [1.29, 1.82) is 0 Å². The number of rotatable bonds is 5. The molecule has 0 unspecified atom stereocenters. The molecule has 0 N–H and O–H groups in total. The van der Waals surface area contributed by atoms with Crippen LogP contribution >= 0.6 is 11.3 Å². The minimum Gasteiger partial charge on any atom is -0.238 e. The molecular weight excluding hydrogens is 519 g/mol. The SMILES string of the molecule is [C-]#[N+]c1cccc(-c2cccc([Si](c3ccccc3)(c3ccccc3)c3ccc4c(c3)sc3ccccc34)c2)c1. The molecular formula is C37H25NSSi. The number of hydrogen-bond donors (Lipinski definition) is 0. The van der Waals surface area contributed by atoms with Crippen molar-refractivity contribution in [3.05, 3.63) is 163 Å². The van der Waals surface area contributed by atoms with Crippen LogP contribution in [0.1, 0.15) is 0 Å². The van der Waals surface area contributed by atoms with E-state index in [1.165, 1.54) is 40.9 Å². The van der Waals surface area contributed by atoms with Crippen molar-refractivity contribution in [1.82, 2.24) is 0 Å². The van der Waals surface area contributed by atoms with Crippen molar-refractivity contribution < 1.29 is 0 Å². The van der Waals surface area contributed by atoms with Gasteiger partial charge in [0.2, 0.25) is 0 Å². The van der Waals surface area contributed by atoms with Crippen molar-refractivity contribution in [2.45, 2.75) is 0 Å². The summed E-state index contributed by atoms with van der Waals surface area (Å²) >= 11 is 1.88. The van der Waals surface area contributed by atoms with E-state index < -0.39 is 8.07 Å². The van der Waals surface area contributed by atoms with Gasteiger partial charge in [0.25, 0.3) is 0 Å². The Hall–Kier alpha value is -4.75. The van der Waals surface area contributed by atoms with Crippen LogP contribution in [0.15, 0.2) is 152 Å². The lowest BCUT2D eigenvalue weighted by molar-refractivity contribution is 1.63. The third kappa shape index (κ3) is 3.98. The summed E-state index contributed by atoms with van der Waals surface area (Å²) in [5.41, 5.74) is 2.86. The van der Waals surface area contributed by atoms with E-state index in [4.69, 9.17) is 6.57 Å². The third-order valence-electron chi connectivity index (χ3n) is 7.83. The molecule has 0 amide bonds. The Morgan fingerprint density at radius 2 is 1.02 bits per heavy atom. The summed E-state index contributed by atoms with van der Waals surface area (Å²) in [6, 6.07) is 54.9. The second-order valence-corrected chi connectivity index (χ2v) is 14.9. The molecule has 1 nitrogen and oxygen atoms in total. The van der Waals surface area contributed by atoms with E-state index >= 15 is 0 Å². The Morgan fingerprint density at radius 1 is 0.450 bits per heavy atom. The van der Waals surface area contributed by atoms with Gasteiger partial charge in [0.1, 0.15) is 0 Å². The Bertz CT molecular complexity index is 1980. The largest absolute Gasteiger partial charge is 0.238 e. The highest BCUT2D eigenvalue weighted by Gasteiger charge is 2.41. The predicted octanol–water partition coefficient (Wildman–Crippen LogP) is 7.65. The minimum absolute atomic E-state index is 0.660. The summed E-state index contributed by atoms with van der Waals surface area (Å²) in [5, 5.41) is 8.05. The highest BCUT2D eigenvalue weighted by Crippen LogP contribution is 2.33. The summed E-state index contributed by atoms with van der Waals surface area (Å²) in [6.07, 6.45) is 0. The van der Waals surface area contributed by atoms with Crippen LogP contribution in [-0.4, -0.2) is 8.07 Å². The van der Waals surface area contributed by atoms with E-state index in [1.807, 2.05) is 29.5 Å². The molecule has 0 atom stereocenters. The minimum atomic E-state index is -2.71. The molecule has 0 aliphatic carbocycles. The predicted molar refractivity (Wildman–Crippen MR) is 175 cm³/mol. The van der Waals surface area contributed by atoms with Crippen LogP contribution in [0.25, 0.3) is 36.1 Å². The van der Waals surface area contributed by atoms with Crippen molar-refractivity contribution in [2.75, 3.05) is 0 Å². The van der Waals surface area contributed by atoms with Gasteiger partial charge in [-0.3, -0.25) is 0 Å². The zero-order valence-corrected chi connectivity index (χ0v) is 23.6. The summed E-state index contributed by atoms with van der Waals surface area (Å²) in [4.78, 5) is 3.68. The average Bonchev–Trinajstić information content (AvgIpc) is 3.41. The summed E-state index contributed by atoms with van der Waals surface area (Å²) < 4.78 is 2.64. The van der Waals surface area contributed by atoms with Crippen molar-refractivity contribution in [3.8, 4) is 11.1 Å². The quantitative estimate of drug-likeness (QED) is 0.119. The summed E-state index contributed by atoms with van der Waals surface area (Å²) in [5.74, 6) is 0. The molecule has 1 aromatic heterocycles. The molecule has 3 heteroatoms. The van der Waals surface area contributed by atoms with E-state index in [0.717, 1.165) is 11.1 Å². The topological polar surface area (TPSA) is 4.36 Å². The molecule has 7 rings (SSSR count). The van der Waals surface area contributed by atoms with Gasteiger partial charge >= 0.3 is 0 Å². The standard InChI is InChI=1S/C37H25NSSi/c1-38-29-14-10-12-27(24-29)28-13-11-19-32(25-28)40(30-15-4-2-5-16-30,31-17-6-3-7-18-31)33-22-23-35-34-20-8-9-21-36(34)39-37(35)26-33/h2-26H. The number of thiophene rings is 1. The molecule has 188 valence electrons. The molecule has 0 spiro atoms. The maximum absolute atomic E-state index is 7.52. The lowest BCUT2D eigenvalue weighted by Crippen LogP contribution is -2.74. The molecule has 1 heterocycles. The molecule has 0 fully saturated rings. The molecule has 0 radical (unpaired) electrons. The van der Waals surface area contributed by atoms with Gasteiger partial charge in [0.05, 0.1) is 6.57 Å². The fraction of sp³-hybridized carbons (Fsp3) is 0. The summed E-state index contributed by atoms with van der Waals surface area (Å²) in [6.45, 7) is 7.52.